The fraction of sp³-hybridized carbons (Fsp3) is 0.513. The lowest BCUT2D eigenvalue weighted by Gasteiger charge is -2.35. The highest BCUT2D eigenvalue weighted by Gasteiger charge is 2.52. The fourth-order valence-corrected chi connectivity index (χ4v) is 22.1. The molecule has 6 saturated carbocycles. The molecular formula is C113H140F7NO19. The van der Waals surface area contributed by atoms with E-state index in [-0.39, 0.29) is 108 Å². The molecule has 27 heteroatoms. The lowest BCUT2D eigenvalue weighted by Crippen LogP contribution is -2.43. The first-order chi connectivity index (χ1) is 66.7. The van der Waals surface area contributed by atoms with Gasteiger partial charge >= 0.3 is 41.8 Å². The van der Waals surface area contributed by atoms with Crippen LogP contribution in [0.1, 0.15) is 316 Å². The molecule has 7 aliphatic rings. The van der Waals surface area contributed by atoms with Crippen molar-refractivity contribution in [3.8, 4) is 0 Å². The summed E-state index contributed by atoms with van der Waals surface area (Å²) in [7, 11) is 6.77. The van der Waals surface area contributed by atoms with Crippen molar-refractivity contribution in [1.82, 2.24) is 5.48 Å². The summed E-state index contributed by atoms with van der Waals surface area (Å²) in [4.78, 5) is 133. The molecule has 1 amide bonds. The number of hydroxylamine groups is 1. The normalized spacial score (nSPS) is 20.8. The van der Waals surface area contributed by atoms with E-state index in [2.05, 4.69) is 13.0 Å². The molecule has 0 aromatic heterocycles. The number of hydrogen-bond acceptors (Lipinski definition) is 18. The van der Waals surface area contributed by atoms with Crippen molar-refractivity contribution < 1.29 is 122 Å². The first kappa shape index (κ1) is 114. The number of carboxylic acids is 1. The number of halogens is 7. The molecule has 4 atom stereocenters. The largest absolute Gasteiger partial charge is 0.481 e. The van der Waals surface area contributed by atoms with Gasteiger partial charge in [0.1, 0.15) is 64.0 Å². The number of benzene rings is 7. The number of carboxylic acid groups (broad SMARTS) is 1. The standard InChI is InChI=1S/C19H23FO5.C17H21FO2.C16H19FO3.C16H21FO2.C15H20FNO2.C15H17FO3.C15H19FO2/c1-4-25-17(22)13-8-10-19(18(23)24-3,11-9-16(13)21)14-6-5-7-15(20)12(14)2;1-12-6-5-10-17(11-9-12,16(19)20-3)14-7-4-8-15(18)13(14)2;1-11-13(6-3-7-14(11)17)16(15(19)20-2)9-4-5-12(18)8-10-16;1-12-13(8-7-9-14(12)17)16(15(18)19-2)10-5-3-4-6-11-16;1-11-12(7-6-8-13(11)16)15(14(18)17-19)9-4-2-3-5-10-15;1-10-12(4-3-5-13(10)16)15(14(18)19-2)8-6-11(17)7-9-15;1-11-12(7-6-8-13(11)16)15(14(17)18)9-4-2-3-5-10-15/h5-7,13H,4,8-11H2,1-3H3;4,6-8H,5,9-11H2,1-3H3;3,6-7H,4-5,8-10H2,1-2H3;7-9H,3-6,10-11H2,1-2H3;6-8,19H,2-5,9-10H2,1H3,(H,17,18);3-5H,6-9H2,1-2H3;6-8H,2-5,9-10H2,1H3,(H,17,18). The van der Waals surface area contributed by atoms with Gasteiger partial charge in [-0.3, -0.25) is 57.9 Å². The summed E-state index contributed by atoms with van der Waals surface area (Å²) in [5.41, 5.74) is 5.26. The monoisotopic (exact) mass is 1950 g/mol. The summed E-state index contributed by atoms with van der Waals surface area (Å²) in [6.45, 7) is 15.7. The van der Waals surface area contributed by atoms with Crippen molar-refractivity contribution in [1.29, 1.82) is 0 Å². The maximum Gasteiger partial charge on any atom is 0.316 e. The highest BCUT2D eigenvalue weighted by Crippen LogP contribution is 2.49. The van der Waals surface area contributed by atoms with Crippen LogP contribution in [0.3, 0.4) is 0 Å². The van der Waals surface area contributed by atoms with Gasteiger partial charge in [-0.2, -0.15) is 0 Å². The summed E-state index contributed by atoms with van der Waals surface area (Å²) in [5, 5.41) is 18.7. The van der Waals surface area contributed by atoms with E-state index in [9.17, 15) is 88.6 Å². The fourth-order valence-electron chi connectivity index (χ4n) is 22.1. The predicted molar refractivity (Wildman–Crippen MR) is 518 cm³/mol. The van der Waals surface area contributed by atoms with Crippen molar-refractivity contribution in [3.63, 3.8) is 0 Å². The van der Waals surface area contributed by atoms with E-state index in [4.69, 9.17) is 33.6 Å². The number of carbonyl (C=O) groups is 11. The highest BCUT2D eigenvalue weighted by molar-refractivity contribution is 6.00. The Kier molecular flexibility index (Phi) is 42.5. The van der Waals surface area contributed by atoms with Gasteiger partial charge in [-0.15, -0.1) is 0 Å². The average molecular weight is 1950 g/mol. The van der Waals surface area contributed by atoms with E-state index in [0.717, 1.165) is 114 Å². The van der Waals surface area contributed by atoms with E-state index in [0.29, 0.717) is 163 Å². The van der Waals surface area contributed by atoms with Gasteiger partial charge in [0.25, 0.3) is 5.91 Å². The lowest BCUT2D eigenvalue weighted by atomic mass is 9.68. The lowest BCUT2D eigenvalue weighted by molar-refractivity contribution is -0.153. The van der Waals surface area contributed by atoms with Gasteiger partial charge < -0.3 is 33.5 Å². The van der Waals surface area contributed by atoms with Crippen LogP contribution in [0.25, 0.3) is 0 Å². The maximum atomic E-state index is 14.1. The van der Waals surface area contributed by atoms with Gasteiger partial charge in [0.05, 0.1) is 80.1 Å². The summed E-state index contributed by atoms with van der Waals surface area (Å²) in [5.74, 6) is -6.57. The summed E-state index contributed by atoms with van der Waals surface area (Å²) < 4.78 is 127. The molecule has 0 saturated heterocycles. The Bertz CT molecular complexity index is 5450. The molecule has 0 aliphatic heterocycles. The van der Waals surface area contributed by atoms with Crippen LogP contribution in [0.15, 0.2) is 139 Å². The first-order valence-electron chi connectivity index (χ1n) is 49.0. The van der Waals surface area contributed by atoms with Crippen LogP contribution in [0.2, 0.25) is 0 Å². The molecule has 760 valence electrons. The zero-order valence-electron chi connectivity index (χ0n) is 83.7. The maximum absolute atomic E-state index is 14.1. The van der Waals surface area contributed by atoms with Crippen LogP contribution in [0.4, 0.5) is 30.7 Å². The molecule has 7 aromatic rings. The summed E-state index contributed by atoms with van der Waals surface area (Å²) in [6.07, 6.45) is 25.8. The SMILES string of the molecule is CCOC(=O)C1CCC(C(=O)OC)(c2cccc(F)c2C)CCC1=O.COC(=O)C1(c2cccc(F)c2C)CCC(=O)CC1.COC(=O)C1(c2cccc(F)c2C)CCC=C(C)CC1.COC(=O)C1(c2cccc(F)c2C)CCCC(=O)CC1.COC(=O)C1(c2cccc(F)c2C)CCCCCC1.Cc1c(F)cccc1C1(C(=O)NO)CCCCCC1.Cc1c(F)cccc1C1(C(=O)O)CCCCCC1. The first-order valence-corrected chi connectivity index (χ1v) is 49.0. The Morgan fingerprint density at radius 3 is 0.879 bits per heavy atom. The topological polar surface area (TPSA) is 296 Å². The van der Waals surface area contributed by atoms with Gasteiger partial charge in [-0.05, 0) is 298 Å². The minimum Gasteiger partial charge on any atom is -0.481 e. The smallest absolute Gasteiger partial charge is 0.316 e. The highest BCUT2D eigenvalue weighted by atomic mass is 19.2. The van der Waals surface area contributed by atoms with Crippen molar-refractivity contribution in [2.75, 3.05) is 42.2 Å². The molecule has 14 rings (SSSR count). The zero-order chi connectivity index (χ0) is 103. The molecule has 7 aliphatic carbocycles. The van der Waals surface area contributed by atoms with Crippen LogP contribution >= 0.6 is 0 Å². The molecule has 4 unspecified atom stereocenters. The Morgan fingerprint density at radius 2 is 0.571 bits per heavy atom. The van der Waals surface area contributed by atoms with Crippen molar-refractivity contribution in [3.05, 3.63) is 258 Å². The number of allylic oxidation sites excluding steroid dienone is 2. The molecule has 6 fully saturated rings. The number of nitrogens with one attached hydrogen (secondary N) is 1. The van der Waals surface area contributed by atoms with Gasteiger partial charge in [0.2, 0.25) is 0 Å². The van der Waals surface area contributed by atoms with Crippen molar-refractivity contribution in [2.24, 2.45) is 5.92 Å². The second-order valence-corrected chi connectivity index (χ2v) is 38.2. The predicted octanol–water partition coefficient (Wildman–Crippen LogP) is 23.6. The third-order valence-electron chi connectivity index (χ3n) is 30.4. The number of amides is 1. The molecule has 3 N–H and O–H groups in total. The van der Waals surface area contributed by atoms with Crippen LogP contribution in [-0.4, -0.2) is 118 Å². The molecule has 7 aromatic carbocycles. The van der Waals surface area contributed by atoms with Crippen LogP contribution in [-0.2, 0) is 119 Å². The number of aliphatic carboxylic acids is 1. The third-order valence-corrected chi connectivity index (χ3v) is 30.4. The molecule has 20 nitrogen and oxygen atoms in total. The van der Waals surface area contributed by atoms with E-state index in [1.807, 2.05) is 12.1 Å². The molecule has 0 heterocycles. The van der Waals surface area contributed by atoms with Gasteiger partial charge in [0, 0.05) is 32.1 Å². The van der Waals surface area contributed by atoms with E-state index < -0.39 is 73.5 Å². The van der Waals surface area contributed by atoms with Gasteiger partial charge in [-0.25, -0.2) is 36.2 Å². The zero-order valence-corrected chi connectivity index (χ0v) is 83.7. The van der Waals surface area contributed by atoms with Crippen molar-refractivity contribution in [2.45, 2.75) is 325 Å². The second-order valence-electron chi connectivity index (χ2n) is 38.2. The number of ketones is 3. The van der Waals surface area contributed by atoms with E-state index in [1.165, 1.54) is 89.7 Å². The Hall–Kier alpha value is -11.5. The number of rotatable bonds is 16. The quantitative estimate of drug-likeness (QED) is 0.0118. The molecule has 0 bridgehead atoms. The minimum atomic E-state index is -1.14. The third kappa shape index (κ3) is 26.1. The number of carbonyl (C=O) groups excluding carboxylic acids is 10. The number of ether oxygens (including phenoxy) is 6. The van der Waals surface area contributed by atoms with E-state index >= 15 is 0 Å². The van der Waals surface area contributed by atoms with E-state index in [1.54, 1.807) is 128 Å². The van der Waals surface area contributed by atoms with Gasteiger partial charge in [-0.1, -0.05) is 174 Å². The van der Waals surface area contributed by atoms with Gasteiger partial charge in [0.15, 0.2) is 0 Å². The average Bonchev–Trinajstić information content (AvgIpc) is 1.52. The Labute approximate surface area is 819 Å². The summed E-state index contributed by atoms with van der Waals surface area (Å²) in [6, 6.07) is 33.6. The number of methoxy groups -OCH3 is 5. The summed E-state index contributed by atoms with van der Waals surface area (Å²) >= 11 is 0. The molecule has 0 spiro atoms. The molecule has 140 heavy (non-hydrogen) atoms. The van der Waals surface area contributed by atoms with Crippen LogP contribution < -0.4 is 5.48 Å². The minimum absolute atomic E-state index is 0.0362. The number of Topliss-reactive ketones (excluding diaryl/α,β-unsaturated/α-hetero) is 3. The van der Waals surface area contributed by atoms with Crippen LogP contribution in [0, 0.1) is 95.1 Å². The molecular weight excluding hydrogens is 1810 g/mol. The number of esters is 6. The number of hydrogen-bond donors (Lipinski definition) is 3. The van der Waals surface area contributed by atoms with Crippen LogP contribution in [0.5, 0.6) is 0 Å². The Balaban J connectivity index is 0.000000201. The second kappa shape index (κ2) is 52.3. The Morgan fingerprint density at radius 1 is 0.321 bits per heavy atom. The van der Waals surface area contributed by atoms with Crippen molar-refractivity contribution >= 4 is 65.0 Å². The molecule has 0 radical (unpaired) electrons.